The van der Waals surface area contributed by atoms with Gasteiger partial charge in [-0.25, -0.2) is 4.98 Å². The Labute approximate surface area is 308 Å². The summed E-state index contributed by atoms with van der Waals surface area (Å²) in [5, 5.41) is 2.50. The van der Waals surface area contributed by atoms with Gasteiger partial charge in [0.05, 0.1) is 5.69 Å². The van der Waals surface area contributed by atoms with Crippen LogP contribution in [-0.4, -0.2) is 4.98 Å². The monoisotopic (exact) mass is 738 g/mol. The number of fused-ring (bicyclic) bond motifs is 7. The van der Waals surface area contributed by atoms with Gasteiger partial charge in [0.15, 0.2) is 5.58 Å². The Morgan fingerprint density at radius 1 is 0.608 bits per heavy atom. The van der Waals surface area contributed by atoms with Gasteiger partial charge in [-0.3, -0.25) is 0 Å². The molecule has 0 N–H and O–H groups in total. The van der Waals surface area contributed by atoms with Crippen LogP contribution in [0.4, 0.5) is 17.1 Å². The molecule has 0 saturated carbocycles. The quantitative estimate of drug-likeness (QED) is 0.176. The molecule has 0 aliphatic heterocycles. The highest BCUT2D eigenvalue weighted by Crippen LogP contribution is 2.51. The maximum absolute atomic E-state index is 6.19. The average Bonchev–Trinajstić information content (AvgIpc) is 3.83. The maximum atomic E-state index is 6.19. The number of aromatic nitrogens is 1. The molecule has 1 aliphatic carbocycles. The van der Waals surface area contributed by atoms with Crippen LogP contribution in [0, 0.1) is 0 Å². The van der Waals surface area contributed by atoms with Gasteiger partial charge >= 0.3 is 0 Å². The number of oxazole rings is 1. The van der Waals surface area contributed by atoms with E-state index in [0.29, 0.717) is 5.89 Å². The highest BCUT2D eigenvalue weighted by molar-refractivity contribution is 9.10. The van der Waals surface area contributed by atoms with Gasteiger partial charge in [0.1, 0.15) is 5.52 Å². The third-order valence-corrected chi connectivity index (χ3v) is 12.0. The smallest absolute Gasteiger partial charge is 0.227 e. The van der Waals surface area contributed by atoms with Crippen molar-refractivity contribution in [2.24, 2.45) is 0 Å². The van der Waals surface area contributed by atoms with Gasteiger partial charge in [-0.1, -0.05) is 103 Å². The Morgan fingerprint density at radius 3 is 2.27 bits per heavy atom. The molecule has 0 radical (unpaired) electrons. The molecule has 1 aliphatic rings. The van der Waals surface area contributed by atoms with Crippen LogP contribution in [0.15, 0.2) is 161 Å². The molecule has 244 valence electrons. The molecule has 3 nitrogen and oxygen atoms in total. The minimum absolute atomic E-state index is 0.0589. The normalized spacial score (nSPS) is 13.2. The van der Waals surface area contributed by atoms with Crippen molar-refractivity contribution in [2.45, 2.75) is 19.3 Å². The third kappa shape index (κ3) is 4.87. The predicted molar refractivity (Wildman–Crippen MR) is 218 cm³/mol. The molecule has 0 amide bonds. The average molecular weight is 740 g/mol. The molecular formula is C46H31BrN2OS. The van der Waals surface area contributed by atoms with Crippen LogP contribution >= 0.6 is 27.3 Å². The van der Waals surface area contributed by atoms with E-state index in [4.69, 9.17) is 9.40 Å². The van der Waals surface area contributed by atoms with Crippen molar-refractivity contribution in [3.63, 3.8) is 0 Å². The lowest BCUT2D eigenvalue weighted by Gasteiger charge is -2.26. The molecule has 2 heterocycles. The number of para-hydroxylation sites is 3. The summed E-state index contributed by atoms with van der Waals surface area (Å²) >= 11 is 5.55. The van der Waals surface area contributed by atoms with Gasteiger partial charge in [0.2, 0.25) is 5.89 Å². The summed E-state index contributed by atoms with van der Waals surface area (Å²) in [5.41, 5.74) is 13.7. The second kappa shape index (κ2) is 11.5. The van der Waals surface area contributed by atoms with Crippen molar-refractivity contribution in [3.8, 4) is 33.7 Å². The van der Waals surface area contributed by atoms with E-state index in [1.165, 1.54) is 53.6 Å². The van der Waals surface area contributed by atoms with Gasteiger partial charge in [-0.05, 0) is 112 Å². The Balaban J connectivity index is 1.10. The summed E-state index contributed by atoms with van der Waals surface area (Å²) in [6, 6.07) is 54.3. The molecule has 51 heavy (non-hydrogen) atoms. The van der Waals surface area contributed by atoms with E-state index in [1.807, 2.05) is 35.6 Å². The van der Waals surface area contributed by atoms with Gasteiger partial charge < -0.3 is 9.32 Å². The fourth-order valence-corrected chi connectivity index (χ4v) is 9.38. The molecule has 10 rings (SSSR count). The standard InChI is InChI=1S/C46H31BrN2OS/c1-46(2)37-23-20-31(47)27-36(37)34-21-18-28(25-38(34)46)29-19-22-35-43(26-29)51-42-17-9-15-40(44(35)42)49(32-11-4-3-5-12-32)33-13-8-10-30(24-33)45-48-39-14-6-7-16-41(39)50-45/h3-27H,1-2H3. The Kier molecular flexibility index (Phi) is 6.86. The van der Waals surface area contributed by atoms with Crippen molar-refractivity contribution in [2.75, 3.05) is 4.90 Å². The first-order chi connectivity index (χ1) is 24.9. The Morgan fingerprint density at radius 2 is 1.39 bits per heavy atom. The van der Waals surface area contributed by atoms with E-state index in [-0.39, 0.29) is 5.41 Å². The fourth-order valence-electron chi connectivity index (χ4n) is 7.86. The number of thiophene rings is 1. The van der Waals surface area contributed by atoms with Crippen LogP contribution in [0.2, 0.25) is 0 Å². The molecular weight excluding hydrogens is 708 g/mol. The summed E-state index contributed by atoms with van der Waals surface area (Å²) in [5.74, 6) is 0.615. The first kappa shape index (κ1) is 30.3. The number of nitrogens with zero attached hydrogens (tertiary/aromatic N) is 2. The highest BCUT2D eigenvalue weighted by atomic mass is 79.9. The number of hydrogen-bond donors (Lipinski definition) is 0. The van der Waals surface area contributed by atoms with Gasteiger partial charge in [0.25, 0.3) is 0 Å². The van der Waals surface area contributed by atoms with Crippen LogP contribution in [0.1, 0.15) is 25.0 Å². The van der Waals surface area contributed by atoms with Gasteiger partial charge in [-0.15, -0.1) is 11.3 Å². The topological polar surface area (TPSA) is 29.3 Å². The maximum Gasteiger partial charge on any atom is 0.227 e. The molecule has 5 heteroatoms. The van der Waals surface area contributed by atoms with E-state index in [1.54, 1.807) is 0 Å². The Hall–Kier alpha value is -5.49. The second-order valence-corrected chi connectivity index (χ2v) is 15.7. The van der Waals surface area contributed by atoms with E-state index in [2.05, 4.69) is 162 Å². The Bertz CT molecular complexity index is 2780. The SMILES string of the molecule is CC1(C)c2ccc(Br)cc2-c2ccc(-c3ccc4c(c3)sc3cccc(N(c5ccccc5)c5cccc(-c6nc7ccccc7o6)c5)c34)cc21. The van der Waals surface area contributed by atoms with Gasteiger partial charge in [-0.2, -0.15) is 0 Å². The number of rotatable bonds is 5. The minimum Gasteiger partial charge on any atom is -0.436 e. The molecule has 9 aromatic rings. The lowest BCUT2D eigenvalue weighted by molar-refractivity contribution is 0.620. The van der Waals surface area contributed by atoms with Gasteiger partial charge in [0, 0.05) is 47.0 Å². The summed E-state index contributed by atoms with van der Waals surface area (Å²) in [4.78, 5) is 7.15. The zero-order valence-corrected chi connectivity index (χ0v) is 30.4. The van der Waals surface area contributed by atoms with Crippen molar-refractivity contribution in [1.29, 1.82) is 0 Å². The zero-order valence-electron chi connectivity index (χ0n) is 28.0. The van der Waals surface area contributed by atoms with Crippen molar-refractivity contribution in [1.82, 2.24) is 4.98 Å². The van der Waals surface area contributed by atoms with E-state index in [0.717, 1.165) is 38.2 Å². The van der Waals surface area contributed by atoms with Crippen molar-refractivity contribution >= 4 is 75.6 Å². The first-order valence-corrected chi connectivity index (χ1v) is 18.8. The molecule has 0 spiro atoms. The zero-order chi connectivity index (χ0) is 34.3. The number of benzene rings is 7. The van der Waals surface area contributed by atoms with E-state index in [9.17, 15) is 0 Å². The summed E-state index contributed by atoms with van der Waals surface area (Å²) in [7, 11) is 0. The molecule has 7 aromatic carbocycles. The van der Waals surface area contributed by atoms with Crippen LogP contribution < -0.4 is 4.90 Å². The summed E-state index contributed by atoms with van der Waals surface area (Å²) in [6.07, 6.45) is 0. The summed E-state index contributed by atoms with van der Waals surface area (Å²) < 4.78 is 9.84. The van der Waals surface area contributed by atoms with E-state index < -0.39 is 0 Å². The molecule has 0 unspecified atom stereocenters. The van der Waals surface area contributed by atoms with Crippen LogP contribution in [0.5, 0.6) is 0 Å². The van der Waals surface area contributed by atoms with Crippen molar-refractivity contribution < 1.29 is 4.42 Å². The number of hydrogen-bond acceptors (Lipinski definition) is 4. The van der Waals surface area contributed by atoms with E-state index >= 15 is 0 Å². The van der Waals surface area contributed by atoms with Crippen LogP contribution in [-0.2, 0) is 5.41 Å². The van der Waals surface area contributed by atoms with Crippen LogP contribution in [0.25, 0.3) is 65.0 Å². The molecule has 0 fully saturated rings. The third-order valence-electron chi connectivity index (χ3n) is 10.3. The fraction of sp³-hybridized carbons (Fsp3) is 0.0652. The van der Waals surface area contributed by atoms with Crippen molar-refractivity contribution in [3.05, 3.63) is 167 Å². The minimum atomic E-state index is -0.0589. The molecule has 0 atom stereocenters. The first-order valence-electron chi connectivity index (χ1n) is 17.1. The number of halogens is 1. The predicted octanol–water partition coefficient (Wildman–Crippen LogP) is 14.1. The largest absolute Gasteiger partial charge is 0.436 e. The highest BCUT2D eigenvalue weighted by Gasteiger charge is 2.35. The molecule has 0 bridgehead atoms. The summed E-state index contributed by atoms with van der Waals surface area (Å²) in [6.45, 7) is 4.68. The van der Waals surface area contributed by atoms with Crippen LogP contribution in [0.3, 0.4) is 0 Å². The number of anilines is 3. The lowest BCUT2D eigenvalue weighted by Crippen LogP contribution is -2.14. The molecule has 0 saturated heterocycles. The second-order valence-electron chi connectivity index (χ2n) is 13.7. The molecule has 2 aromatic heterocycles. The lowest BCUT2D eigenvalue weighted by atomic mass is 9.81.